The molecule has 0 spiro atoms. The number of halogens is 2. The molecule has 0 saturated carbocycles. The number of carboxylic acid groups (broad SMARTS) is 1. The molecule has 0 aliphatic carbocycles. The minimum Gasteiger partial charge on any atom is -0.478 e. The van der Waals surface area contributed by atoms with Crippen LogP contribution < -0.4 is 0 Å². The highest BCUT2D eigenvalue weighted by Gasteiger charge is 2.15. The second-order valence-electron chi connectivity index (χ2n) is 3.46. The molecule has 0 fully saturated rings. The standard InChI is InChI=1S/C11H8Cl2N2O2/c1-6-8(11(16)17)5-14-15(6)10-3-2-7(12)4-9(10)13/h2-5H,1H3,(H,16,17). The summed E-state index contributed by atoms with van der Waals surface area (Å²) in [5.41, 5.74) is 1.26. The van der Waals surface area contributed by atoms with E-state index in [1.54, 1.807) is 25.1 Å². The lowest BCUT2D eigenvalue weighted by Crippen LogP contribution is -2.02. The number of hydrogen-bond donors (Lipinski definition) is 1. The predicted molar refractivity (Wildman–Crippen MR) is 65.3 cm³/mol. The molecule has 0 amide bonds. The van der Waals surface area contributed by atoms with Crippen molar-refractivity contribution in [1.29, 1.82) is 0 Å². The normalized spacial score (nSPS) is 10.5. The van der Waals surface area contributed by atoms with Crippen LogP contribution in [0.5, 0.6) is 0 Å². The molecule has 1 aromatic carbocycles. The Hall–Kier alpha value is -1.52. The molecular weight excluding hydrogens is 263 g/mol. The van der Waals surface area contributed by atoms with Crippen molar-refractivity contribution in [3.05, 3.63) is 45.7 Å². The van der Waals surface area contributed by atoms with E-state index in [9.17, 15) is 4.79 Å². The van der Waals surface area contributed by atoms with Crippen molar-refractivity contribution in [2.45, 2.75) is 6.92 Å². The number of nitrogens with zero attached hydrogens (tertiary/aromatic N) is 2. The first-order valence-corrected chi connectivity index (χ1v) is 5.49. The van der Waals surface area contributed by atoms with E-state index in [2.05, 4.69) is 5.10 Å². The van der Waals surface area contributed by atoms with Crippen molar-refractivity contribution in [2.24, 2.45) is 0 Å². The van der Waals surface area contributed by atoms with E-state index in [1.807, 2.05) is 0 Å². The molecule has 0 unspecified atom stereocenters. The summed E-state index contributed by atoms with van der Waals surface area (Å²) < 4.78 is 1.47. The molecule has 1 N–H and O–H groups in total. The maximum absolute atomic E-state index is 10.9. The van der Waals surface area contributed by atoms with Gasteiger partial charge in [-0.3, -0.25) is 0 Å². The van der Waals surface area contributed by atoms with Gasteiger partial charge < -0.3 is 5.11 Å². The summed E-state index contributed by atoms with van der Waals surface area (Å²) >= 11 is 11.8. The van der Waals surface area contributed by atoms with E-state index in [4.69, 9.17) is 28.3 Å². The van der Waals surface area contributed by atoms with E-state index in [1.165, 1.54) is 10.9 Å². The molecule has 2 aromatic rings. The van der Waals surface area contributed by atoms with E-state index < -0.39 is 5.97 Å². The highest BCUT2D eigenvalue weighted by atomic mass is 35.5. The number of benzene rings is 1. The highest BCUT2D eigenvalue weighted by Crippen LogP contribution is 2.25. The molecular formula is C11H8Cl2N2O2. The molecule has 17 heavy (non-hydrogen) atoms. The van der Waals surface area contributed by atoms with Crippen LogP contribution in [0, 0.1) is 6.92 Å². The van der Waals surface area contributed by atoms with Crippen molar-refractivity contribution in [3.8, 4) is 5.69 Å². The van der Waals surface area contributed by atoms with Crippen molar-refractivity contribution in [1.82, 2.24) is 9.78 Å². The smallest absolute Gasteiger partial charge is 0.339 e. The van der Waals surface area contributed by atoms with Crippen LogP contribution in [0.25, 0.3) is 5.69 Å². The SMILES string of the molecule is Cc1c(C(=O)O)cnn1-c1ccc(Cl)cc1Cl. The first-order chi connectivity index (χ1) is 8.00. The third kappa shape index (κ3) is 2.14. The summed E-state index contributed by atoms with van der Waals surface area (Å²) in [4.78, 5) is 10.9. The van der Waals surface area contributed by atoms with Gasteiger partial charge >= 0.3 is 5.97 Å². The molecule has 0 bridgehead atoms. The van der Waals surface area contributed by atoms with Crippen molar-refractivity contribution in [3.63, 3.8) is 0 Å². The average molecular weight is 271 g/mol. The summed E-state index contributed by atoms with van der Waals surface area (Å²) in [6.07, 6.45) is 1.29. The lowest BCUT2D eigenvalue weighted by molar-refractivity contribution is 0.0696. The van der Waals surface area contributed by atoms with Crippen LogP contribution in [-0.4, -0.2) is 20.9 Å². The van der Waals surface area contributed by atoms with Crippen LogP contribution in [0.1, 0.15) is 16.1 Å². The van der Waals surface area contributed by atoms with Crippen LogP contribution in [0.15, 0.2) is 24.4 Å². The van der Waals surface area contributed by atoms with E-state index >= 15 is 0 Å². The minimum absolute atomic E-state index is 0.149. The second kappa shape index (κ2) is 4.39. The maximum Gasteiger partial charge on any atom is 0.339 e. The lowest BCUT2D eigenvalue weighted by Gasteiger charge is -2.07. The Morgan fingerprint density at radius 1 is 1.41 bits per heavy atom. The third-order valence-electron chi connectivity index (χ3n) is 2.38. The van der Waals surface area contributed by atoms with Gasteiger partial charge in [-0.2, -0.15) is 5.10 Å². The van der Waals surface area contributed by atoms with Crippen molar-refractivity contribution < 1.29 is 9.90 Å². The summed E-state index contributed by atoms with van der Waals surface area (Å²) in [6.45, 7) is 1.67. The Bertz CT molecular complexity index is 593. The van der Waals surface area contributed by atoms with Crippen LogP contribution in [0.3, 0.4) is 0 Å². The van der Waals surface area contributed by atoms with Crippen molar-refractivity contribution >= 4 is 29.2 Å². The van der Waals surface area contributed by atoms with Crippen LogP contribution >= 0.6 is 23.2 Å². The Balaban J connectivity index is 2.57. The fourth-order valence-electron chi connectivity index (χ4n) is 1.52. The number of carbonyl (C=O) groups is 1. The molecule has 0 aliphatic rings. The maximum atomic E-state index is 10.9. The average Bonchev–Trinajstić information content (AvgIpc) is 2.60. The Labute approximate surface area is 107 Å². The summed E-state index contributed by atoms with van der Waals surface area (Å²) in [7, 11) is 0. The molecule has 88 valence electrons. The zero-order valence-electron chi connectivity index (χ0n) is 8.82. The molecule has 0 radical (unpaired) electrons. The molecule has 0 aliphatic heterocycles. The number of hydrogen-bond acceptors (Lipinski definition) is 2. The van der Waals surface area contributed by atoms with Gasteiger partial charge in [-0.15, -0.1) is 0 Å². The van der Waals surface area contributed by atoms with Crippen LogP contribution in [0.2, 0.25) is 10.0 Å². The number of carboxylic acids is 1. The first kappa shape index (κ1) is 12.0. The Kier molecular flexibility index (Phi) is 3.09. The molecule has 1 aromatic heterocycles. The molecule has 4 nitrogen and oxygen atoms in total. The molecule has 1 heterocycles. The van der Waals surface area contributed by atoms with E-state index in [-0.39, 0.29) is 5.56 Å². The van der Waals surface area contributed by atoms with Crippen molar-refractivity contribution in [2.75, 3.05) is 0 Å². The first-order valence-electron chi connectivity index (χ1n) is 4.74. The molecule has 6 heteroatoms. The number of aromatic nitrogens is 2. The summed E-state index contributed by atoms with van der Waals surface area (Å²) in [6, 6.07) is 4.95. The molecule has 2 rings (SSSR count). The van der Waals surface area contributed by atoms with E-state index in [0.717, 1.165) is 0 Å². The van der Waals surface area contributed by atoms with Gasteiger partial charge in [0.2, 0.25) is 0 Å². The van der Waals surface area contributed by atoms with E-state index in [0.29, 0.717) is 21.4 Å². The molecule has 0 saturated heterocycles. The number of aromatic carboxylic acids is 1. The van der Waals surface area contributed by atoms with Gasteiger partial charge in [0, 0.05) is 5.02 Å². The lowest BCUT2D eigenvalue weighted by atomic mass is 10.2. The quantitative estimate of drug-likeness (QED) is 0.912. The third-order valence-corrected chi connectivity index (χ3v) is 2.92. The summed E-state index contributed by atoms with van der Waals surface area (Å²) in [5.74, 6) is -1.01. The minimum atomic E-state index is -1.01. The van der Waals surface area contributed by atoms with Gasteiger partial charge in [0.1, 0.15) is 5.56 Å². The summed E-state index contributed by atoms with van der Waals surface area (Å²) in [5, 5.41) is 13.9. The predicted octanol–water partition coefficient (Wildman–Crippen LogP) is 3.19. The van der Waals surface area contributed by atoms with Gasteiger partial charge in [-0.1, -0.05) is 23.2 Å². The van der Waals surface area contributed by atoms with Gasteiger partial charge in [-0.05, 0) is 25.1 Å². The molecule has 0 atom stereocenters. The zero-order chi connectivity index (χ0) is 12.6. The fraction of sp³-hybridized carbons (Fsp3) is 0.0909. The zero-order valence-corrected chi connectivity index (χ0v) is 10.3. The second-order valence-corrected chi connectivity index (χ2v) is 4.30. The number of rotatable bonds is 2. The van der Waals surface area contributed by atoms with Crippen LogP contribution in [0.4, 0.5) is 0 Å². The van der Waals surface area contributed by atoms with Gasteiger partial charge in [0.05, 0.1) is 22.6 Å². The Morgan fingerprint density at radius 2 is 2.12 bits per heavy atom. The van der Waals surface area contributed by atoms with Crippen LogP contribution in [-0.2, 0) is 0 Å². The fourth-order valence-corrected chi connectivity index (χ4v) is 2.00. The monoisotopic (exact) mass is 270 g/mol. The van der Waals surface area contributed by atoms with Gasteiger partial charge in [0.25, 0.3) is 0 Å². The topological polar surface area (TPSA) is 55.1 Å². The van der Waals surface area contributed by atoms with Gasteiger partial charge in [0.15, 0.2) is 0 Å². The van der Waals surface area contributed by atoms with Gasteiger partial charge in [-0.25, -0.2) is 9.48 Å². The highest BCUT2D eigenvalue weighted by molar-refractivity contribution is 6.35. The Morgan fingerprint density at radius 3 is 2.65 bits per heavy atom. The largest absolute Gasteiger partial charge is 0.478 e.